The lowest BCUT2D eigenvalue weighted by molar-refractivity contribution is -0.385. The second-order valence-electron chi connectivity index (χ2n) is 7.50. The second kappa shape index (κ2) is 10.3. The molecule has 0 spiro atoms. The number of ether oxygens (including phenoxy) is 2. The first kappa shape index (κ1) is 23.2. The molecule has 0 atom stereocenters. The maximum absolute atomic E-state index is 13.2. The quantitative estimate of drug-likeness (QED) is 0.375. The monoisotopic (exact) mass is 482 g/mol. The van der Waals surface area contributed by atoms with Gasteiger partial charge in [-0.2, -0.15) is 0 Å². The fourth-order valence-corrected chi connectivity index (χ4v) is 4.19. The summed E-state index contributed by atoms with van der Waals surface area (Å²) in [6, 6.07) is 11.4. The van der Waals surface area contributed by atoms with Gasteiger partial charge in [0.05, 0.1) is 29.3 Å². The summed E-state index contributed by atoms with van der Waals surface area (Å²) in [5.74, 6) is -0.246. The maximum atomic E-state index is 13.2. The van der Waals surface area contributed by atoms with Crippen LogP contribution in [0.4, 0.5) is 5.69 Å². The highest BCUT2D eigenvalue weighted by molar-refractivity contribution is 7.07. The molecular weight excluding hydrogens is 460 g/mol. The number of hydrogen-bond donors (Lipinski definition) is 0. The molecule has 0 unspecified atom stereocenters. The Balaban J connectivity index is 1.50. The molecule has 1 aliphatic heterocycles. The van der Waals surface area contributed by atoms with Gasteiger partial charge in [0, 0.05) is 43.2 Å². The molecule has 0 saturated carbocycles. The van der Waals surface area contributed by atoms with Crippen LogP contribution in [0.15, 0.2) is 53.4 Å². The number of rotatable bonds is 7. The van der Waals surface area contributed by atoms with Crippen molar-refractivity contribution in [2.45, 2.75) is 6.61 Å². The molecule has 0 bridgehead atoms. The Morgan fingerprint density at radius 2 is 1.74 bits per heavy atom. The van der Waals surface area contributed by atoms with Gasteiger partial charge in [0.2, 0.25) is 0 Å². The number of methoxy groups -OCH3 is 1. The summed E-state index contributed by atoms with van der Waals surface area (Å²) in [5.41, 5.74) is 2.45. The Hall–Kier alpha value is -3.99. The minimum absolute atomic E-state index is 0.0919. The molecular formula is C23H22N4O6S. The standard InChI is InChI=1S/C23H22N4O6S/c1-32-20-11-18(19(27(30)31)12-21(20)33-13-17-14-34-15-24-17)23(29)26-9-7-25(8-10-26)22(28)16-5-3-2-4-6-16/h2-6,11-12,14-15H,7-10,13H2,1H3. The minimum Gasteiger partial charge on any atom is -0.493 e. The van der Waals surface area contributed by atoms with Gasteiger partial charge in [0.15, 0.2) is 11.5 Å². The van der Waals surface area contributed by atoms with Gasteiger partial charge >= 0.3 is 0 Å². The fourth-order valence-electron chi connectivity index (χ4n) is 3.65. The zero-order chi connectivity index (χ0) is 24.1. The molecule has 1 fully saturated rings. The van der Waals surface area contributed by atoms with Crippen molar-refractivity contribution in [2.75, 3.05) is 33.3 Å². The molecule has 0 aliphatic carbocycles. The molecule has 4 rings (SSSR count). The molecule has 2 aromatic carbocycles. The van der Waals surface area contributed by atoms with Crippen molar-refractivity contribution in [1.29, 1.82) is 0 Å². The third-order valence-corrected chi connectivity index (χ3v) is 6.08. The molecule has 34 heavy (non-hydrogen) atoms. The van der Waals surface area contributed by atoms with E-state index in [1.807, 2.05) is 6.07 Å². The highest BCUT2D eigenvalue weighted by atomic mass is 32.1. The van der Waals surface area contributed by atoms with E-state index < -0.39 is 10.8 Å². The molecule has 1 aliphatic rings. The Labute approximate surface area is 199 Å². The molecule has 1 aromatic heterocycles. The third-order valence-electron chi connectivity index (χ3n) is 5.44. The largest absolute Gasteiger partial charge is 0.493 e. The first-order chi connectivity index (χ1) is 16.5. The van der Waals surface area contributed by atoms with Gasteiger partial charge in [-0.3, -0.25) is 19.7 Å². The molecule has 11 heteroatoms. The van der Waals surface area contributed by atoms with Crippen LogP contribution in [0.1, 0.15) is 26.4 Å². The van der Waals surface area contributed by atoms with Crippen molar-refractivity contribution in [1.82, 2.24) is 14.8 Å². The Morgan fingerprint density at radius 1 is 1.06 bits per heavy atom. The van der Waals surface area contributed by atoms with Gasteiger partial charge in [-0.1, -0.05) is 18.2 Å². The van der Waals surface area contributed by atoms with E-state index in [1.54, 1.807) is 40.1 Å². The lowest BCUT2D eigenvalue weighted by Crippen LogP contribution is -2.50. The van der Waals surface area contributed by atoms with Gasteiger partial charge < -0.3 is 19.3 Å². The van der Waals surface area contributed by atoms with E-state index in [4.69, 9.17) is 9.47 Å². The van der Waals surface area contributed by atoms with Crippen molar-refractivity contribution >= 4 is 28.8 Å². The van der Waals surface area contributed by atoms with E-state index in [0.29, 0.717) is 24.3 Å². The molecule has 2 heterocycles. The maximum Gasteiger partial charge on any atom is 0.286 e. The van der Waals surface area contributed by atoms with Gasteiger partial charge in [0.25, 0.3) is 17.5 Å². The highest BCUT2D eigenvalue weighted by Gasteiger charge is 2.31. The molecule has 2 amide bonds. The van der Waals surface area contributed by atoms with Crippen LogP contribution in [0.2, 0.25) is 0 Å². The summed E-state index contributed by atoms with van der Waals surface area (Å²) in [6.07, 6.45) is 0. The zero-order valence-electron chi connectivity index (χ0n) is 18.4. The number of carbonyl (C=O) groups is 2. The molecule has 0 radical (unpaired) electrons. The number of nitrogens with zero attached hydrogens (tertiary/aromatic N) is 4. The van der Waals surface area contributed by atoms with Crippen molar-refractivity contribution in [2.24, 2.45) is 0 Å². The number of carbonyl (C=O) groups excluding carboxylic acids is 2. The second-order valence-corrected chi connectivity index (χ2v) is 8.21. The van der Waals surface area contributed by atoms with E-state index in [-0.39, 0.29) is 48.4 Å². The zero-order valence-corrected chi connectivity index (χ0v) is 19.2. The van der Waals surface area contributed by atoms with E-state index in [0.717, 1.165) is 0 Å². The van der Waals surface area contributed by atoms with Crippen molar-refractivity contribution in [3.63, 3.8) is 0 Å². The minimum atomic E-state index is -0.614. The van der Waals surface area contributed by atoms with Crippen LogP contribution in [0.25, 0.3) is 0 Å². The normalized spacial score (nSPS) is 13.4. The number of nitro benzene ring substituents is 1. The first-order valence-electron chi connectivity index (χ1n) is 10.5. The Morgan fingerprint density at radius 3 is 2.32 bits per heavy atom. The summed E-state index contributed by atoms with van der Waals surface area (Å²) >= 11 is 1.41. The third kappa shape index (κ3) is 4.99. The average molecular weight is 483 g/mol. The summed E-state index contributed by atoms with van der Waals surface area (Å²) in [7, 11) is 1.40. The van der Waals surface area contributed by atoms with Crippen molar-refractivity contribution in [3.8, 4) is 11.5 Å². The van der Waals surface area contributed by atoms with E-state index in [2.05, 4.69) is 4.98 Å². The molecule has 10 nitrogen and oxygen atoms in total. The van der Waals surface area contributed by atoms with Crippen LogP contribution in [0.5, 0.6) is 11.5 Å². The summed E-state index contributed by atoms with van der Waals surface area (Å²) in [4.78, 5) is 44.3. The molecule has 1 saturated heterocycles. The predicted molar refractivity (Wildman–Crippen MR) is 124 cm³/mol. The number of benzene rings is 2. The van der Waals surface area contributed by atoms with Crippen LogP contribution < -0.4 is 9.47 Å². The number of hydrogen-bond acceptors (Lipinski definition) is 8. The van der Waals surface area contributed by atoms with Crippen molar-refractivity contribution < 1.29 is 24.0 Å². The lowest BCUT2D eigenvalue weighted by Gasteiger charge is -2.34. The van der Waals surface area contributed by atoms with Gasteiger partial charge in [-0.25, -0.2) is 4.98 Å². The van der Waals surface area contributed by atoms with Gasteiger partial charge in [0.1, 0.15) is 12.2 Å². The van der Waals surface area contributed by atoms with E-state index >= 15 is 0 Å². The highest BCUT2D eigenvalue weighted by Crippen LogP contribution is 2.36. The Bertz CT molecular complexity index is 1180. The van der Waals surface area contributed by atoms with Crippen LogP contribution in [-0.2, 0) is 6.61 Å². The average Bonchev–Trinajstić information content (AvgIpc) is 3.40. The lowest BCUT2D eigenvalue weighted by atomic mass is 10.1. The topological polar surface area (TPSA) is 115 Å². The SMILES string of the molecule is COc1cc(C(=O)N2CCN(C(=O)c3ccccc3)CC2)c([N+](=O)[O-])cc1OCc1cscn1. The van der Waals surface area contributed by atoms with Crippen LogP contribution in [0.3, 0.4) is 0 Å². The van der Waals surface area contributed by atoms with Crippen LogP contribution in [0, 0.1) is 10.1 Å². The summed E-state index contributed by atoms with van der Waals surface area (Å²) in [5, 5.41) is 13.6. The number of nitro groups is 1. The number of thiazole rings is 1. The first-order valence-corrected chi connectivity index (χ1v) is 11.4. The van der Waals surface area contributed by atoms with Crippen LogP contribution in [-0.4, -0.2) is 64.8 Å². The predicted octanol–water partition coefficient (Wildman–Crippen LogP) is 3.24. The van der Waals surface area contributed by atoms with E-state index in [1.165, 1.54) is 35.5 Å². The molecule has 176 valence electrons. The Kier molecular flexibility index (Phi) is 7.02. The summed E-state index contributed by atoms with van der Waals surface area (Å²) in [6.45, 7) is 1.30. The number of amides is 2. The fraction of sp³-hybridized carbons (Fsp3) is 0.261. The van der Waals surface area contributed by atoms with E-state index in [9.17, 15) is 19.7 Å². The molecule has 0 N–H and O–H groups in total. The van der Waals surface area contributed by atoms with Crippen molar-refractivity contribution in [3.05, 3.63) is 80.3 Å². The van der Waals surface area contributed by atoms with Gasteiger partial charge in [-0.05, 0) is 12.1 Å². The van der Waals surface area contributed by atoms with Gasteiger partial charge in [-0.15, -0.1) is 11.3 Å². The number of aromatic nitrogens is 1. The molecule has 3 aromatic rings. The smallest absolute Gasteiger partial charge is 0.286 e. The number of piperazine rings is 1. The van der Waals surface area contributed by atoms with Crippen LogP contribution >= 0.6 is 11.3 Å². The summed E-state index contributed by atoms with van der Waals surface area (Å²) < 4.78 is 11.0.